The van der Waals surface area contributed by atoms with E-state index in [1.165, 1.54) is 6.92 Å². The minimum Gasteiger partial charge on any atom is -0.462 e. The molecule has 0 amide bonds. The van der Waals surface area contributed by atoms with E-state index in [9.17, 15) is 9.59 Å². The molecule has 0 N–H and O–H groups in total. The predicted molar refractivity (Wildman–Crippen MR) is 82.9 cm³/mol. The van der Waals surface area contributed by atoms with Crippen LogP contribution < -0.4 is 0 Å². The Labute approximate surface area is 126 Å². The summed E-state index contributed by atoms with van der Waals surface area (Å²) in [6, 6.07) is 1.82. The van der Waals surface area contributed by atoms with E-state index in [4.69, 9.17) is 4.74 Å². The zero-order valence-electron chi connectivity index (χ0n) is 13.5. The van der Waals surface area contributed by atoms with Crippen LogP contribution in [0.2, 0.25) is 0 Å². The maximum atomic E-state index is 12.0. The molecule has 0 saturated carbocycles. The van der Waals surface area contributed by atoms with Crippen molar-refractivity contribution in [1.29, 1.82) is 0 Å². The third-order valence-electron chi connectivity index (χ3n) is 3.33. The molecule has 0 atom stereocenters. The number of hydrogen-bond donors (Lipinski definition) is 0. The Hall–Kier alpha value is -1.91. The molecule has 1 heterocycles. The largest absolute Gasteiger partial charge is 0.462 e. The van der Waals surface area contributed by atoms with Crippen molar-refractivity contribution in [1.82, 2.24) is 4.68 Å². The standard InChI is InChI=1S/C16H24N2O3/c1-6-8-9-14-10-15(16(20)21-7-2)12(4)18(14)17-11(3)13(5)19/h10H,6-9H2,1-5H3/b17-11+. The van der Waals surface area contributed by atoms with E-state index in [0.717, 1.165) is 25.0 Å². The van der Waals surface area contributed by atoms with Gasteiger partial charge < -0.3 is 4.74 Å². The number of carbonyl (C=O) groups excluding carboxylic acids is 2. The van der Waals surface area contributed by atoms with Crippen molar-refractivity contribution >= 4 is 17.5 Å². The number of aryl methyl sites for hydroxylation is 1. The molecular weight excluding hydrogens is 268 g/mol. The van der Waals surface area contributed by atoms with Gasteiger partial charge in [0.2, 0.25) is 0 Å². The fourth-order valence-electron chi connectivity index (χ4n) is 1.97. The molecule has 0 aromatic carbocycles. The Morgan fingerprint density at radius 2 is 1.95 bits per heavy atom. The fourth-order valence-corrected chi connectivity index (χ4v) is 1.97. The number of ether oxygens (including phenoxy) is 1. The third kappa shape index (κ3) is 4.28. The molecule has 0 aliphatic carbocycles. The second kappa shape index (κ2) is 7.76. The van der Waals surface area contributed by atoms with Crippen LogP contribution in [-0.2, 0) is 16.0 Å². The van der Waals surface area contributed by atoms with Gasteiger partial charge >= 0.3 is 5.97 Å². The number of Topliss-reactive ketones (excluding diaryl/α,β-unsaturated/α-hetero) is 1. The van der Waals surface area contributed by atoms with Gasteiger partial charge in [-0.15, -0.1) is 0 Å². The molecule has 1 aromatic rings. The van der Waals surface area contributed by atoms with Crippen LogP contribution in [0, 0.1) is 6.92 Å². The molecule has 0 radical (unpaired) electrons. The van der Waals surface area contributed by atoms with Crippen molar-refractivity contribution in [3.8, 4) is 0 Å². The van der Waals surface area contributed by atoms with Crippen molar-refractivity contribution in [3.63, 3.8) is 0 Å². The van der Waals surface area contributed by atoms with Gasteiger partial charge in [0, 0.05) is 12.6 Å². The highest BCUT2D eigenvalue weighted by Crippen LogP contribution is 2.19. The first kappa shape index (κ1) is 17.1. The normalized spacial score (nSPS) is 11.6. The van der Waals surface area contributed by atoms with E-state index in [1.54, 1.807) is 18.5 Å². The molecule has 5 heteroatoms. The molecule has 0 fully saturated rings. The quantitative estimate of drug-likeness (QED) is 0.573. The van der Waals surface area contributed by atoms with E-state index in [2.05, 4.69) is 12.0 Å². The van der Waals surface area contributed by atoms with Crippen LogP contribution in [0.25, 0.3) is 0 Å². The highest BCUT2D eigenvalue weighted by atomic mass is 16.5. The number of aromatic nitrogens is 1. The zero-order chi connectivity index (χ0) is 16.0. The first-order chi connectivity index (χ1) is 9.92. The first-order valence-corrected chi connectivity index (χ1v) is 7.37. The van der Waals surface area contributed by atoms with Crippen LogP contribution in [0.5, 0.6) is 0 Å². The molecule has 5 nitrogen and oxygen atoms in total. The average molecular weight is 292 g/mol. The Morgan fingerprint density at radius 1 is 1.29 bits per heavy atom. The predicted octanol–water partition coefficient (Wildman–Crippen LogP) is 3.13. The van der Waals surface area contributed by atoms with Gasteiger partial charge in [0.25, 0.3) is 0 Å². The monoisotopic (exact) mass is 292 g/mol. The Balaban J connectivity index is 3.27. The fraction of sp³-hybridized carbons (Fsp3) is 0.562. The van der Waals surface area contributed by atoms with Gasteiger partial charge in [-0.1, -0.05) is 13.3 Å². The summed E-state index contributed by atoms with van der Waals surface area (Å²) < 4.78 is 6.76. The average Bonchev–Trinajstić information content (AvgIpc) is 2.74. The molecule has 0 aliphatic heterocycles. The van der Waals surface area contributed by atoms with E-state index < -0.39 is 0 Å². The molecule has 0 aliphatic rings. The lowest BCUT2D eigenvalue weighted by molar-refractivity contribution is -0.111. The molecule has 0 bridgehead atoms. The van der Waals surface area contributed by atoms with E-state index in [1.807, 2.05) is 13.0 Å². The van der Waals surface area contributed by atoms with Gasteiger partial charge in [0.05, 0.1) is 17.9 Å². The summed E-state index contributed by atoms with van der Waals surface area (Å²) in [5.41, 5.74) is 2.57. The minimum atomic E-state index is -0.345. The second-order valence-electron chi connectivity index (χ2n) is 5.01. The highest BCUT2D eigenvalue weighted by Gasteiger charge is 2.18. The maximum Gasteiger partial charge on any atom is 0.340 e. The van der Waals surface area contributed by atoms with Gasteiger partial charge in [-0.25, -0.2) is 9.47 Å². The maximum absolute atomic E-state index is 12.0. The second-order valence-corrected chi connectivity index (χ2v) is 5.01. The van der Waals surface area contributed by atoms with Gasteiger partial charge in [-0.3, -0.25) is 4.79 Å². The van der Waals surface area contributed by atoms with Crippen LogP contribution in [-0.4, -0.2) is 28.7 Å². The summed E-state index contributed by atoms with van der Waals surface area (Å²) in [7, 11) is 0. The molecule has 0 spiro atoms. The first-order valence-electron chi connectivity index (χ1n) is 7.37. The number of nitrogens with zero attached hydrogens (tertiary/aromatic N) is 2. The van der Waals surface area contributed by atoms with Crippen LogP contribution in [0.4, 0.5) is 0 Å². The van der Waals surface area contributed by atoms with Gasteiger partial charge in [0.1, 0.15) is 5.71 Å². The van der Waals surface area contributed by atoms with Gasteiger partial charge in [-0.2, -0.15) is 5.10 Å². The summed E-state index contributed by atoms with van der Waals surface area (Å²) in [5.74, 6) is -0.426. The van der Waals surface area contributed by atoms with Crippen molar-refractivity contribution in [3.05, 3.63) is 23.0 Å². The Bertz CT molecular complexity index is 556. The molecular formula is C16H24N2O3. The van der Waals surface area contributed by atoms with Crippen molar-refractivity contribution in [2.24, 2.45) is 5.10 Å². The van der Waals surface area contributed by atoms with E-state index >= 15 is 0 Å². The van der Waals surface area contributed by atoms with Crippen molar-refractivity contribution in [2.45, 2.75) is 53.9 Å². The summed E-state index contributed by atoms with van der Waals surface area (Å²) in [4.78, 5) is 23.4. The van der Waals surface area contributed by atoms with Crippen LogP contribution in [0.1, 0.15) is 62.3 Å². The van der Waals surface area contributed by atoms with Crippen molar-refractivity contribution < 1.29 is 14.3 Å². The third-order valence-corrected chi connectivity index (χ3v) is 3.33. The summed E-state index contributed by atoms with van der Waals surface area (Å²) in [5, 5.41) is 4.35. The lowest BCUT2D eigenvalue weighted by Crippen LogP contribution is -2.10. The van der Waals surface area contributed by atoms with E-state index in [0.29, 0.717) is 23.6 Å². The molecule has 0 saturated heterocycles. The zero-order valence-corrected chi connectivity index (χ0v) is 13.5. The summed E-state index contributed by atoms with van der Waals surface area (Å²) in [6.45, 7) is 9.20. The minimum absolute atomic E-state index is 0.0813. The SMILES string of the molecule is CCCCc1cc(C(=O)OCC)c(C)n1/N=C(\C)C(C)=O. The van der Waals surface area contributed by atoms with Crippen LogP contribution >= 0.6 is 0 Å². The number of ketones is 1. The number of carbonyl (C=O) groups is 2. The Kier molecular flexibility index (Phi) is 6.34. The number of rotatable bonds is 7. The smallest absolute Gasteiger partial charge is 0.340 e. The Morgan fingerprint density at radius 3 is 2.48 bits per heavy atom. The number of esters is 1. The molecule has 1 rings (SSSR count). The summed E-state index contributed by atoms with van der Waals surface area (Å²) >= 11 is 0. The van der Waals surface area contributed by atoms with Gasteiger partial charge in [-0.05, 0) is 39.7 Å². The molecule has 116 valence electrons. The topological polar surface area (TPSA) is 60.7 Å². The van der Waals surface area contributed by atoms with Gasteiger partial charge in [0.15, 0.2) is 5.78 Å². The lowest BCUT2D eigenvalue weighted by Gasteiger charge is -2.07. The van der Waals surface area contributed by atoms with Crippen molar-refractivity contribution in [2.75, 3.05) is 6.61 Å². The molecule has 21 heavy (non-hydrogen) atoms. The number of unbranched alkanes of at least 4 members (excludes halogenated alkanes) is 1. The molecule has 0 unspecified atom stereocenters. The number of hydrogen-bond acceptors (Lipinski definition) is 4. The lowest BCUT2D eigenvalue weighted by atomic mass is 10.2. The summed E-state index contributed by atoms with van der Waals surface area (Å²) in [6.07, 6.45) is 2.86. The highest BCUT2D eigenvalue weighted by molar-refractivity contribution is 6.37. The van der Waals surface area contributed by atoms with Crippen LogP contribution in [0.3, 0.4) is 0 Å². The van der Waals surface area contributed by atoms with Crippen LogP contribution in [0.15, 0.2) is 11.2 Å². The van der Waals surface area contributed by atoms with E-state index in [-0.39, 0.29) is 11.8 Å². The molecule has 1 aromatic heterocycles.